The second-order valence-electron chi connectivity index (χ2n) is 10.7. The van der Waals surface area contributed by atoms with Gasteiger partial charge in [0.1, 0.15) is 0 Å². The summed E-state index contributed by atoms with van der Waals surface area (Å²) in [6.07, 6.45) is 3.62. The Morgan fingerprint density at radius 2 is 1.42 bits per heavy atom. The first-order valence-corrected chi connectivity index (χ1v) is 18.0. The van der Waals surface area contributed by atoms with Crippen LogP contribution in [-0.2, 0) is 26.1 Å². The van der Waals surface area contributed by atoms with Crippen molar-refractivity contribution in [2.45, 2.75) is 98.6 Å². The molecule has 0 amide bonds. The summed E-state index contributed by atoms with van der Waals surface area (Å²) in [6.45, 7) is 22.7. The monoisotopic (exact) mass is 493 g/mol. The zero-order valence-electron chi connectivity index (χ0n) is 22.8. The number of hydrogen-bond acceptors (Lipinski definition) is 5. The average Bonchev–Trinajstić information content (AvgIpc) is 2.68. The van der Waals surface area contributed by atoms with Gasteiger partial charge in [-0.25, -0.2) is 0 Å². The maximum atomic E-state index is 12.5. The highest BCUT2D eigenvalue weighted by Crippen LogP contribution is 2.26. The number of aryl methyl sites for hydroxylation is 2. The topological polar surface area (TPSA) is 57.1 Å². The number of aliphatic imine (C=N–C) groups is 1. The molecule has 5 nitrogen and oxygen atoms in total. The minimum Gasteiger partial charge on any atom is -0.374 e. The Bertz CT molecular complexity index is 778. The molecule has 1 aromatic carbocycles. The first-order chi connectivity index (χ1) is 15.3. The summed E-state index contributed by atoms with van der Waals surface area (Å²) < 4.78 is 18.2. The van der Waals surface area contributed by atoms with Gasteiger partial charge in [0.05, 0.1) is 5.54 Å². The number of ketones is 1. The van der Waals surface area contributed by atoms with Gasteiger partial charge in [-0.1, -0.05) is 31.8 Å². The maximum absolute atomic E-state index is 12.5. The Labute approximate surface area is 204 Å². The summed E-state index contributed by atoms with van der Waals surface area (Å²) in [5.41, 5.74) is 3.94. The lowest BCUT2D eigenvalue weighted by Gasteiger charge is -2.29. The Kier molecular flexibility index (Phi) is 11.9. The smallest absolute Gasteiger partial charge is 0.374 e. The predicted octanol–water partition coefficient (Wildman–Crippen LogP) is 6.58. The van der Waals surface area contributed by atoms with E-state index in [9.17, 15) is 4.79 Å². The van der Waals surface area contributed by atoms with Crippen molar-refractivity contribution in [2.75, 3.05) is 19.8 Å². The lowest BCUT2D eigenvalue weighted by Crippen LogP contribution is -2.46. The largest absolute Gasteiger partial charge is 0.501 e. The van der Waals surface area contributed by atoms with E-state index in [4.69, 9.17) is 18.3 Å². The number of nitrogens with zero attached hydrogens (tertiary/aromatic N) is 1. The van der Waals surface area contributed by atoms with Gasteiger partial charge in [-0.3, -0.25) is 9.79 Å². The van der Waals surface area contributed by atoms with E-state index in [1.54, 1.807) is 6.92 Å². The molecule has 0 aromatic heterocycles. The second kappa shape index (κ2) is 13.1. The van der Waals surface area contributed by atoms with Crippen LogP contribution in [0.3, 0.4) is 0 Å². The maximum Gasteiger partial charge on any atom is 0.501 e. The summed E-state index contributed by atoms with van der Waals surface area (Å²) in [7, 11) is -4.01. The zero-order chi connectivity index (χ0) is 25.3. The van der Waals surface area contributed by atoms with Crippen LogP contribution >= 0.6 is 0 Å². The number of rotatable bonds is 14. The summed E-state index contributed by atoms with van der Waals surface area (Å²) in [5, 5.41) is 0. The van der Waals surface area contributed by atoms with E-state index < -0.39 is 16.9 Å². The van der Waals surface area contributed by atoms with E-state index in [0.717, 1.165) is 35.6 Å². The molecule has 0 aliphatic carbocycles. The molecule has 0 aliphatic rings. The van der Waals surface area contributed by atoms with Gasteiger partial charge in [0, 0.05) is 45.7 Å². The molecule has 0 aliphatic heterocycles. The van der Waals surface area contributed by atoms with Crippen LogP contribution in [0.25, 0.3) is 0 Å². The summed E-state index contributed by atoms with van der Waals surface area (Å²) in [5.74, 6) is 0.110. The van der Waals surface area contributed by atoms with E-state index in [2.05, 4.69) is 46.5 Å². The van der Waals surface area contributed by atoms with Gasteiger partial charge in [0.2, 0.25) is 0 Å². The highest BCUT2D eigenvalue weighted by atomic mass is 28.4. The highest BCUT2D eigenvalue weighted by molar-refractivity contribution is 6.76. The van der Waals surface area contributed by atoms with Gasteiger partial charge in [0.15, 0.2) is 5.78 Å². The van der Waals surface area contributed by atoms with E-state index in [-0.39, 0.29) is 11.3 Å². The molecule has 0 fully saturated rings. The van der Waals surface area contributed by atoms with Crippen molar-refractivity contribution in [3.63, 3.8) is 0 Å². The predicted molar refractivity (Wildman–Crippen MR) is 145 cm³/mol. The van der Waals surface area contributed by atoms with Gasteiger partial charge in [-0.05, 0) is 84.1 Å². The molecule has 0 spiro atoms. The molecule has 188 valence electrons. The molecule has 0 bridgehead atoms. The standard InChI is InChI=1S/C26H47NO4Si2/c1-11-29-33(30-12-2,31-13-3)17-15-22-18-23(14-16-32(8,9)10)25(21(4)28)19-24(22)20-27-26(5,6)7/h18-20H,11-17H2,1-10H3. The number of benzene rings is 1. The van der Waals surface area contributed by atoms with Crippen molar-refractivity contribution in [3.8, 4) is 0 Å². The van der Waals surface area contributed by atoms with Crippen molar-refractivity contribution in [3.05, 3.63) is 34.4 Å². The fourth-order valence-electron chi connectivity index (χ4n) is 3.65. The van der Waals surface area contributed by atoms with Crippen LogP contribution in [0.15, 0.2) is 17.1 Å². The zero-order valence-corrected chi connectivity index (χ0v) is 24.8. The van der Waals surface area contributed by atoms with Crippen LogP contribution in [-0.4, -0.2) is 54.2 Å². The first-order valence-electron chi connectivity index (χ1n) is 12.4. The Morgan fingerprint density at radius 1 is 0.909 bits per heavy atom. The molecule has 1 rings (SSSR count). The normalized spacial score (nSPS) is 13.2. The van der Waals surface area contributed by atoms with Crippen molar-refractivity contribution in [2.24, 2.45) is 4.99 Å². The molecule has 7 heteroatoms. The van der Waals surface area contributed by atoms with Crippen LogP contribution in [0.2, 0.25) is 31.7 Å². The summed E-state index contributed by atoms with van der Waals surface area (Å²) >= 11 is 0. The van der Waals surface area contributed by atoms with Crippen molar-refractivity contribution >= 4 is 28.9 Å². The summed E-state index contributed by atoms with van der Waals surface area (Å²) in [6, 6.07) is 6.12. The van der Waals surface area contributed by atoms with Crippen LogP contribution in [0.5, 0.6) is 0 Å². The van der Waals surface area contributed by atoms with E-state index in [0.29, 0.717) is 25.9 Å². The number of Topliss-reactive ketones (excluding diaryl/α,β-unsaturated/α-hetero) is 1. The lowest BCUT2D eigenvalue weighted by molar-refractivity contribution is 0.0714. The number of hydrogen-bond donors (Lipinski definition) is 0. The third-order valence-corrected chi connectivity index (χ3v) is 10.1. The van der Waals surface area contributed by atoms with Gasteiger partial charge < -0.3 is 13.3 Å². The number of carbonyl (C=O) groups excluding carboxylic acids is 1. The first kappa shape index (κ1) is 29.9. The quantitative estimate of drug-likeness (QED) is 0.167. The minimum atomic E-state index is -2.77. The second-order valence-corrected chi connectivity index (χ2v) is 19.1. The highest BCUT2D eigenvalue weighted by Gasteiger charge is 2.40. The molecular formula is C26H47NO4Si2. The SMILES string of the molecule is CCO[Si](CCc1cc(CC[Si](C)(C)C)c(C(C)=O)cc1C=NC(C)(C)C)(OCC)OCC. The van der Waals surface area contributed by atoms with E-state index >= 15 is 0 Å². The van der Waals surface area contributed by atoms with Gasteiger partial charge in [-0.15, -0.1) is 0 Å². The molecule has 0 heterocycles. The molecule has 0 unspecified atom stereocenters. The van der Waals surface area contributed by atoms with E-state index in [1.165, 1.54) is 5.56 Å². The van der Waals surface area contributed by atoms with Crippen LogP contribution in [0.4, 0.5) is 0 Å². The van der Waals surface area contributed by atoms with Gasteiger partial charge >= 0.3 is 8.80 Å². The van der Waals surface area contributed by atoms with Crippen molar-refractivity contribution in [1.82, 2.24) is 0 Å². The number of carbonyl (C=O) groups is 1. The molecule has 0 N–H and O–H groups in total. The van der Waals surface area contributed by atoms with Crippen LogP contribution in [0, 0.1) is 0 Å². The lowest BCUT2D eigenvalue weighted by atomic mass is 9.94. The van der Waals surface area contributed by atoms with Crippen LogP contribution < -0.4 is 0 Å². The van der Waals surface area contributed by atoms with Crippen molar-refractivity contribution < 1.29 is 18.1 Å². The minimum absolute atomic E-state index is 0.110. The molecule has 0 saturated heterocycles. The van der Waals surface area contributed by atoms with Crippen LogP contribution in [0.1, 0.15) is 75.5 Å². The molecule has 0 radical (unpaired) electrons. The molecule has 33 heavy (non-hydrogen) atoms. The van der Waals surface area contributed by atoms with Gasteiger partial charge in [0.25, 0.3) is 0 Å². The third-order valence-electron chi connectivity index (χ3n) is 5.27. The summed E-state index contributed by atoms with van der Waals surface area (Å²) in [4.78, 5) is 17.3. The van der Waals surface area contributed by atoms with E-state index in [1.807, 2.05) is 33.1 Å². The molecule has 0 saturated carbocycles. The van der Waals surface area contributed by atoms with Crippen molar-refractivity contribution in [1.29, 1.82) is 0 Å². The Balaban J connectivity index is 3.47. The fraction of sp³-hybridized carbons (Fsp3) is 0.692. The molecule has 0 atom stereocenters. The molecule has 1 aromatic rings. The Hall–Kier alpha value is -1.13. The Morgan fingerprint density at radius 3 is 1.85 bits per heavy atom. The van der Waals surface area contributed by atoms with Gasteiger partial charge in [-0.2, -0.15) is 0 Å². The molecular weight excluding hydrogens is 446 g/mol. The third kappa shape index (κ3) is 10.8. The fourth-order valence-corrected chi connectivity index (χ4v) is 7.24. The average molecular weight is 494 g/mol.